The molecule has 9 rings (SSSR count). The SMILES string of the molecule is COc1cc(OC)c2c(c1)O[C@H](c1ccc(OC)c(OC)c1)[C@H](OC(C)=O)[C@H]2c1c(OC)cc(OC)c2c1O[C@H](c1ccc(OC)c(OC)c1)[C@H](OC(C)=O)[C@H]2c1c(OC)cc(OC)c2c1O[C@H](c1ccc(OC)c(OC)c1)[C@@H](OC(C)=O)C2. The van der Waals surface area contributed by atoms with Gasteiger partial charge in [-0.1, -0.05) is 18.2 Å². The topological polar surface area (TPSA) is 217 Å². The largest absolute Gasteiger partial charge is 0.496 e. The Bertz CT molecular complexity index is 3450. The van der Waals surface area contributed by atoms with E-state index in [-0.39, 0.29) is 46.7 Å². The molecule has 6 aromatic rings. The van der Waals surface area contributed by atoms with E-state index in [1.54, 1.807) is 78.9 Å². The second-order valence-corrected chi connectivity index (χ2v) is 19.6. The molecule has 0 unspecified atom stereocenters. The van der Waals surface area contributed by atoms with Gasteiger partial charge in [-0.15, -0.1) is 0 Å². The molecule has 0 amide bonds. The predicted octanol–water partition coefficient (Wildman–Crippen LogP) is 9.79. The number of esters is 3. The summed E-state index contributed by atoms with van der Waals surface area (Å²) in [5.74, 6) is 0.426. The molecule has 3 heterocycles. The van der Waals surface area contributed by atoms with Crippen molar-refractivity contribution in [1.82, 2.24) is 0 Å². The zero-order valence-electron chi connectivity index (χ0n) is 49.4. The van der Waals surface area contributed by atoms with Crippen LogP contribution in [0.3, 0.4) is 0 Å². The van der Waals surface area contributed by atoms with Crippen molar-refractivity contribution in [2.45, 2.75) is 75.7 Å². The molecule has 3 aliphatic rings. The lowest BCUT2D eigenvalue weighted by Crippen LogP contribution is -2.42. The molecule has 0 N–H and O–H groups in total. The maximum Gasteiger partial charge on any atom is 0.303 e. The second-order valence-electron chi connectivity index (χ2n) is 19.6. The van der Waals surface area contributed by atoms with Crippen molar-refractivity contribution < 1.29 is 99.6 Å². The Hall–Kier alpha value is -9.27. The standard InChI is InChI=1S/C63H68O21/c1-30(64)79-50-27-37-41(71-8)28-46(76-13)52(60(37)83-57(50)33-16-19-38(68-5)42(22-33)72-9)56-54-48(78-15)29-47(77-14)53(61(54)84-59(63(56)81-32(3)66)35-18-21-40(70-7)44(24-35)74-11)55-51-45(75-12)25-36(67-4)26-49(51)82-58(62(55)80-31(2)65)34-17-20-39(69-6)43(23-34)73-10/h16-26,28-29,50,55-59,62-63H,27H2,1-15H3/t50-,55+,56-,57+,58+,59+,62+,63+/m0/s1. The highest BCUT2D eigenvalue weighted by Gasteiger charge is 2.54. The van der Waals surface area contributed by atoms with Crippen LogP contribution in [-0.2, 0) is 35.0 Å². The molecule has 0 fully saturated rings. The number of carbonyl (C=O) groups is 3. The molecule has 0 bridgehead atoms. The molecule has 0 saturated heterocycles. The van der Waals surface area contributed by atoms with E-state index in [2.05, 4.69) is 0 Å². The van der Waals surface area contributed by atoms with Gasteiger partial charge in [0, 0.05) is 96.0 Å². The van der Waals surface area contributed by atoms with Gasteiger partial charge in [0.05, 0.1) is 97.2 Å². The molecule has 8 atom stereocenters. The molecule has 0 aliphatic carbocycles. The van der Waals surface area contributed by atoms with Gasteiger partial charge in [-0.25, -0.2) is 0 Å². The van der Waals surface area contributed by atoms with E-state index in [4.69, 9.17) is 85.3 Å². The van der Waals surface area contributed by atoms with Crippen molar-refractivity contribution in [1.29, 1.82) is 0 Å². The van der Waals surface area contributed by atoms with Crippen molar-refractivity contribution >= 4 is 17.9 Å². The van der Waals surface area contributed by atoms with Crippen LogP contribution in [0.4, 0.5) is 0 Å². The van der Waals surface area contributed by atoms with Gasteiger partial charge >= 0.3 is 17.9 Å². The third-order valence-corrected chi connectivity index (χ3v) is 15.2. The van der Waals surface area contributed by atoms with Crippen LogP contribution in [-0.4, -0.2) is 122 Å². The summed E-state index contributed by atoms with van der Waals surface area (Å²) in [5, 5.41) is 0. The summed E-state index contributed by atoms with van der Waals surface area (Å²) in [6.07, 6.45) is -6.83. The average molecular weight is 1160 g/mol. The zero-order chi connectivity index (χ0) is 60.3. The smallest absolute Gasteiger partial charge is 0.303 e. The molecule has 0 saturated carbocycles. The summed E-state index contributed by atoms with van der Waals surface area (Å²) in [4.78, 5) is 41.0. The highest BCUT2D eigenvalue weighted by Crippen LogP contribution is 2.64. The lowest BCUT2D eigenvalue weighted by molar-refractivity contribution is -0.154. The molecule has 6 aromatic carbocycles. The number of rotatable bonds is 20. The van der Waals surface area contributed by atoms with Crippen LogP contribution in [0.1, 0.15) is 95.4 Å². The maximum atomic E-state index is 14.0. The fraction of sp³-hybridized carbons (Fsp3) is 0.381. The Kier molecular flexibility index (Phi) is 17.7. The molecule has 446 valence electrons. The van der Waals surface area contributed by atoms with E-state index in [0.717, 1.165) is 0 Å². The van der Waals surface area contributed by atoms with Gasteiger partial charge in [0.15, 0.2) is 65.0 Å². The van der Waals surface area contributed by atoms with Crippen LogP contribution in [0, 0.1) is 0 Å². The monoisotopic (exact) mass is 1160 g/mol. The number of hydrogen-bond donors (Lipinski definition) is 0. The van der Waals surface area contributed by atoms with Gasteiger partial charge in [-0.3, -0.25) is 14.4 Å². The zero-order valence-corrected chi connectivity index (χ0v) is 49.4. The van der Waals surface area contributed by atoms with Crippen molar-refractivity contribution in [3.8, 4) is 86.2 Å². The Morgan fingerprint density at radius 3 is 1.14 bits per heavy atom. The average Bonchev–Trinajstić information content (AvgIpc) is 0.791. The Labute approximate surface area is 486 Å². The van der Waals surface area contributed by atoms with Crippen LogP contribution in [0.2, 0.25) is 0 Å². The predicted molar refractivity (Wildman–Crippen MR) is 301 cm³/mol. The lowest BCUT2D eigenvalue weighted by atomic mass is 9.73. The van der Waals surface area contributed by atoms with Gasteiger partial charge in [0.25, 0.3) is 0 Å². The van der Waals surface area contributed by atoms with Gasteiger partial charge in [-0.05, 0) is 36.4 Å². The van der Waals surface area contributed by atoms with E-state index < -0.39 is 66.4 Å². The third-order valence-electron chi connectivity index (χ3n) is 15.2. The van der Waals surface area contributed by atoms with E-state index in [1.807, 2.05) is 0 Å². The summed E-state index contributed by atoms with van der Waals surface area (Å²) in [7, 11) is 18.0. The number of methoxy groups -OCH3 is 12. The molecular weight excluding hydrogens is 1090 g/mol. The van der Waals surface area contributed by atoms with E-state index in [1.165, 1.54) is 106 Å². The molecule has 21 nitrogen and oxygen atoms in total. The van der Waals surface area contributed by atoms with Crippen molar-refractivity contribution in [3.63, 3.8) is 0 Å². The quantitative estimate of drug-likeness (QED) is 0.0513. The van der Waals surface area contributed by atoms with Crippen molar-refractivity contribution in [2.24, 2.45) is 0 Å². The van der Waals surface area contributed by atoms with E-state index >= 15 is 0 Å². The molecule has 0 spiro atoms. The Balaban J connectivity index is 1.45. The first-order valence-electron chi connectivity index (χ1n) is 26.6. The summed E-state index contributed by atoms with van der Waals surface area (Å²) >= 11 is 0. The maximum absolute atomic E-state index is 14.0. The van der Waals surface area contributed by atoms with Crippen LogP contribution in [0.15, 0.2) is 78.9 Å². The summed E-state index contributed by atoms with van der Waals surface area (Å²) in [6, 6.07) is 22.5. The van der Waals surface area contributed by atoms with Crippen LogP contribution in [0.25, 0.3) is 0 Å². The molecule has 3 aliphatic heterocycles. The molecule has 84 heavy (non-hydrogen) atoms. The number of fused-ring (bicyclic) bond motifs is 3. The number of benzene rings is 6. The fourth-order valence-electron chi connectivity index (χ4n) is 11.7. The minimum absolute atomic E-state index is 0.0518. The van der Waals surface area contributed by atoms with Crippen LogP contribution < -0.4 is 71.1 Å². The molecular formula is C63H68O21. The second kappa shape index (κ2) is 25.1. The van der Waals surface area contributed by atoms with Gasteiger partial charge in [0.2, 0.25) is 0 Å². The van der Waals surface area contributed by atoms with Gasteiger partial charge in [-0.2, -0.15) is 0 Å². The first kappa shape index (κ1) is 59.4. The molecule has 0 radical (unpaired) electrons. The fourth-order valence-corrected chi connectivity index (χ4v) is 11.7. The Morgan fingerprint density at radius 1 is 0.357 bits per heavy atom. The highest BCUT2D eigenvalue weighted by molar-refractivity contribution is 5.74. The Morgan fingerprint density at radius 2 is 0.726 bits per heavy atom. The highest BCUT2D eigenvalue weighted by atomic mass is 16.6. The van der Waals surface area contributed by atoms with E-state index in [9.17, 15) is 14.4 Å². The van der Waals surface area contributed by atoms with Crippen LogP contribution in [0.5, 0.6) is 86.2 Å². The summed E-state index contributed by atoms with van der Waals surface area (Å²) in [5.41, 5.74) is 3.38. The van der Waals surface area contributed by atoms with Crippen LogP contribution >= 0.6 is 0 Å². The minimum Gasteiger partial charge on any atom is -0.496 e. The van der Waals surface area contributed by atoms with Gasteiger partial charge in [0.1, 0.15) is 57.8 Å². The first-order chi connectivity index (χ1) is 40.6. The lowest BCUT2D eigenvalue weighted by Gasteiger charge is -2.45. The van der Waals surface area contributed by atoms with E-state index in [0.29, 0.717) is 90.5 Å². The summed E-state index contributed by atoms with van der Waals surface area (Å²) in [6.45, 7) is 3.91. The number of carbonyl (C=O) groups excluding carboxylic acids is 3. The van der Waals surface area contributed by atoms with Gasteiger partial charge < -0.3 is 85.3 Å². The summed E-state index contributed by atoms with van der Waals surface area (Å²) < 4.78 is 113. The third kappa shape index (κ3) is 10.8. The normalized spacial score (nSPS) is 20.0. The number of ether oxygens (including phenoxy) is 18. The number of hydrogen-bond acceptors (Lipinski definition) is 21. The molecule has 21 heteroatoms. The molecule has 0 aromatic heterocycles. The first-order valence-corrected chi connectivity index (χ1v) is 26.6. The van der Waals surface area contributed by atoms with Crippen molar-refractivity contribution in [3.05, 3.63) is 123 Å². The van der Waals surface area contributed by atoms with Crippen molar-refractivity contribution in [2.75, 3.05) is 85.3 Å². The minimum atomic E-state index is -1.33.